The maximum Gasteiger partial charge on any atom is 0.254 e. The lowest BCUT2D eigenvalue weighted by Crippen LogP contribution is -2.48. The van der Waals surface area contributed by atoms with Crippen molar-refractivity contribution in [2.75, 3.05) is 31.1 Å². The molecule has 0 atom stereocenters. The molecule has 28 heavy (non-hydrogen) atoms. The number of rotatable bonds is 6. The molecule has 0 bridgehead atoms. The Labute approximate surface area is 168 Å². The van der Waals surface area contributed by atoms with Crippen molar-refractivity contribution < 1.29 is 9.21 Å². The molecule has 1 aromatic carbocycles. The van der Waals surface area contributed by atoms with Crippen LogP contribution in [0, 0.1) is 6.92 Å². The van der Waals surface area contributed by atoms with Gasteiger partial charge in [0.15, 0.2) is 0 Å². The second-order valence-electron chi connectivity index (χ2n) is 8.20. The average molecular weight is 384 g/mol. The summed E-state index contributed by atoms with van der Waals surface area (Å²) in [6.45, 7) is 15.2. The lowest BCUT2D eigenvalue weighted by Gasteiger charge is -2.38. The number of aryl methyl sites for hydroxylation is 1. The second kappa shape index (κ2) is 8.82. The molecule has 5 nitrogen and oxygen atoms in total. The number of furan rings is 1. The number of carbonyl (C=O) groups is 1. The molecule has 1 fully saturated rings. The minimum absolute atomic E-state index is 0.0419. The van der Waals surface area contributed by atoms with Gasteiger partial charge in [-0.15, -0.1) is 0 Å². The lowest BCUT2D eigenvalue weighted by atomic mass is 10.1. The summed E-state index contributed by atoms with van der Waals surface area (Å²) in [5.74, 6) is 1.73. The summed E-state index contributed by atoms with van der Waals surface area (Å²) in [6, 6.07) is 12.6. The third-order valence-corrected chi connectivity index (χ3v) is 5.53. The fourth-order valence-corrected chi connectivity index (χ4v) is 3.70. The van der Waals surface area contributed by atoms with E-state index in [4.69, 9.17) is 4.42 Å². The van der Waals surface area contributed by atoms with E-state index in [1.165, 1.54) is 5.69 Å². The Balaban J connectivity index is 1.66. The molecule has 152 valence electrons. The molecular formula is C23H33N3O2. The minimum Gasteiger partial charge on any atom is -0.464 e. The molecule has 2 aromatic rings. The molecule has 1 aromatic heterocycles. The third-order valence-electron chi connectivity index (χ3n) is 5.53. The van der Waals surface area contributed by atoms with E-state index in [1.807, 2.05) is 49.9 Å². The monoisotopic (exact) mass is 383 g/mol. The first-order valence-corrected chi connectivity index (χ1v) is 10.3. The van der Waals surface area contributed by atoms with Gasteiger partial charge in [-0.25, -0.2) is 0 Å². The van der Waals surface area contributed by atoms with Crippen LogP contribution in [0.1, 0.15) is 49.6 Å². The van der Waals surface area contributed by atoms with Crippen molar-refractivity contribution in [1.29, 1.82) is 0 Å². The first-order valence-electron chi connectivity index (χ1n) is 10.3. The molecular weight excluding hydrogens is 350 g/mol. The summed E-state index contributed by atoms with van der Waals surface area (Å²) >= 11 is 0. The van der Waals surface area contributed by atoms with Crippen molar-refractivity contribution in [3.05, 3.63) is 53.5 Å². The summed E-state index contributed by atoms with van der Waals surface area (Å²) in [5.41, 5.74) is 1.92. The summed E-state index contributed by atoms with van der Waals surface area (Å²) in [5, 5.41) is 0. The molecule has 1 aliphatic rings. The Bertz CT molecular complexity index is 771. The molecule has 0 unspecified atom stereocenters. The Morgan fingerprint density at radius 1 is 1.00 bits per heavy atom. The molecule has 2 heterocycles. The van der Waals surface area contributed by atoms with Crippen LogP contribution in [-0.4, -0.2) is 54.0 Å². The van der Waals surface area contributed by atoms with Gasteiger partial charge >= 0.3 is 0 Å². The first-order chi connectivity index (χ1) is 13.3. The smallest absolute Gasteiger partial charge is 0.254 e. The predicted octanol–water partition coefficient (Wildman–Crippen LogP) is 4.17. The van der Waals surface area contributed by atoms with E-state index in [2.05, 4.69) is 35.8 Å². The van der Waals surface area contributed by atoms with Gasteiger partial charge in [0, 0.05) is 49.5 Å². The normalized spacial score (nSPS) is 15.5. The number of piperazine rings is 1. The first kappa shape index (κ1) is 20.5. The molecule has 1 amide bonds. The highest BCUT2D eigenvalue weighted by Gasteiger charge is 2.22. The largest absolute Gasteiger partial charge is 0.464 e. The van der Waals surface area contributed by atoms with Crippen molar-refractivity contribution in [3.8, 4) is 0 Å². The summed E-state index contributed by atoms with van der Waals surface area (Å²) in [6.07, 6.45) is 0. The Kier molecular flexibility index (Phi) is 6.45. The van der Waals surface area contributed by atoms with Crippen LogP contribution in [-0.2, 0) is 6.54 Å². The highest BCUT2D eigenvalue weighted by atomic mass is 16.3. The van der Waals surface area contributed by atoms with Crippen molar-refractivity contribution in [1.82, 2.24) is 9.80 Å². The zero-order chi connectivity index (χ0) is 20.3. The van der Waals surface area contributed by atoms with Gasteiger partial charge in [0.1, 0.15) is 11.5 Å². The zero-order valence-electron chi connectivity index (χ0n) is 17.8. The van der Waals surface area contributed by atoms with Gasteiger partial charge in [0.25, 0.3) is 5.91 Å². The highest BCUT2D eigenvalue weighted by molar-refractivity contribution is 5.94. The predicted molar refractivity (Wildman–Crippen MR) is 114 cm³/mol. The minimum atomic E-state index is 0.0419. The number of hydrogen-bond donors (Lipinski definition) is 0. The van der Waals surface area contributed by atoms with Crippen LogP contribution in [0.4, 0.5) is 5.69 Å². The maximum absolute atomic E-state index is 13.1. The number of anilines is 1. The summed E-state index contributed by atoms with van der Waals surface area (Å²) < 4.78 is 5.67. The van der Waals surface area contributed by atoms with Crippen LogP contribution in [0.15, 0.2) is 40.8 Å². The molecule has 0 radical (unpaired) electrons. The third kappa shape index (κ3) is 4.76. The van der Waals surface area contributed by atoms with E-state index < -0.39 is 0 Å². The molecule has 3 rings (SSSR count). The summed E-state index contributed by atoms with van der Waals surface area (Å²) in [7, 11) is 0. The van der Waals surface area contributed by atoms with E-state index in [0.717, 1.165) is 43.3 Å². The Morgan fingerprint density at radius 3 is 2.14 bits per heavy atom. The fraction of sp³-hybridized carbons (Fsp3) is 0.522. The lowest BCUT2D eigenvalue weighted by molar-refractivity contribution is 0.0675. The van der Waals surface area contributed by atoms with Crippen LogP contribution in [0.2, 0.25) is 0 Å². The average Bonchev–Trinajstić information content (AvgIpc) is 3.10. The van der Waals surface area contributed by atoms with Gasteiger partial charge in [0.2, 0.25) is 0 Å². The van der Waals surface area contributed by atoms with Crippen molar-refractivity contribution >= 4 is 11.6 Å². The number of amides is 1. The van der Waals surface area contributed by atoms with Gasteiger partial charge in [-0.1, -0.05) is 0 Å². The Hall–Kier alpha value is -2.27. The molecule has 0 N–H and O–H groups in total. The van der Waals surface area contributed by atoms with Gasteiger partial charge in [-0.2, -0.15) is 0 Å². The number of benzene rings is 1. The molecule has 0 spiro atoms. The van der Waals surface area contributed by atoms with Gasteiger partial charge in [-0.3, -0.25) is 9.69 Å². The number of hydrogen-bond acceptors (Lipinski definition) is 4. The van der Waals surface area contributed by atoms with Crippen molar-refractivity contribution in [2.45, 2.75) is 53.2 Å². The SMILES string of the molecule is Cc1ccc(CN(C(=O)c2ccc(N3CCN(C(C)C)CC3)cc2)C(C)C)o1. The van der Waals surface area contributed by atoms with E-state index >= 15 is 0 Å². The molecule has 1 aliphatic heterocycles. The van der Waals surface area contributed by atoms with Crippen molar-refractivity contribution in [2.24, 2.45) is 0 Å². The molecule has 1 saturated heterocycles. The fourth-order valence-electron chi connectivity index (χ4n) is 3.70. The second-order valence-corrected chi connectivity index (χ2v) is 8.20. The van der Waals surface area contributed by atoms with Crippen LogP contribution < -0.4 is 4.90 Å². The van der Waals surface area contributed by atoms with Gasteiger partial charge in [0.05, 0.1) is 6.54 Å². The van der Waals surface area contributed by atoms with E-state index in [0.29, 0.717) is 12.6 Å². The van der Waals surface area contributed by atoms with Gasteiger partial charge in [-0.05, 0) is 71.0 Å². The van der Waals surface area contributed by atoms with E-state index in [1.54, 1.807) is 0 Å². The molecule has 0 aliphatic carbocycles. The van der Waals surface area contributed by atoms with Gasteiger partial charge < -0.3 is 14.2 Å². The number of carbonyl (C=O) groups excluding carboxylic acids is 1. The standard InChI is InChI=1S/C23H33N3O2/c1-17(2)24-12-14-25(15-13-24)21-9-7-20(8-10-21)23(27)26(18(3)4)16-22-11-6-19(5)28-22/h6-11,17-18H,12-16H2,1-5H3. The van der Waals surface area contributed by atoms with E-state index in [-0.39, 0.29) is 11.9 Å². The number of nitrogens with zero attached hydrogens (tertiary/aromatic N) is 3. The molecule has 5 heteroatoms. The van der Waals surface area contributed by atoms with Crippen LogP contribution in [0.5, 0.6) is 0 Å². The molecule has 0 saturated carbocycles. The topological polar surface area (TPSA) is 39.9 Å². The van der Waals surface area contributed by atoms with Crippen LogP contribution in [0.25, 0.3) is 0 Å². The maximum atomic E-state index is 13.1. The highest BCUT2D eigenvalue weighted by Crippen LogP contribution is 2.20. The van der Waals surface area contributed by atoms with Crippen LogP contribution in [0.3, 0.4) is 0 Å². The Morgan fingerprint density at radius 2 is 1.64 bits per heavy atom. The van der Waals surface area contributed by atoms with E-state index in [9.17, 15) is 4.79 Å². The van der Waals surface area contributed by atoms with Crippen molar-refractivity contribution in [3.63, 3.8) is 0 Å². The summed E-state index contributed by atoms with van der Waals surface area (Å²) in [4.78, 5) is 19.8. The van der Waals surface area contributed by atoms with Crippen LogP contribution >= 0.6 is 0 Å². The quantitative estimate of drug-likeness (QED) is 0.751. The zero-order valence-corrected chi connectivity index (χ0v) is 17.8.